The van der Waals surface area contributed by atoms with Gasteiger partial charge in [0.05, 0.1) is 22.6 Å². The van der Waals surface area contributed by atoms with Gasteiger partial charge in [-0.05, 0) is 18.9 Å². The van der Waals surface area contributed by atoms with Gasteiger partial charge in [0.15, 0.2) is 0 Å². The SMILES string of the molecule is C[C@]12CCC[C@@]1(N)CN(c1c(F)cc3c(=O)c(C(=O)O)cn([C@@H]4C[C@@H]4F)c3c1C#N)C2. The van der Waals surface area contributed by atoms with Crippen LogP contribution in [0.2, 0.25) is 0 Å². The highest BCUT2D eigenvalue weighted by Gasteiger charge is 2.56. The maximum Gasteiger partial charge on any atom is 0.341 e. The van der Waals surface area contributed by atoms with Crippen molar-refractivity contribution in [2.75, 3.05) is 18.0 Å². The Kier molecular flexibility index (Phi) is 4.03. The number of fused-ring (bicyclic) bond motifs is 2. The molecular weight excluding hydrogens is 406 g/mol. The molecule has 9 heteroatoms. The third-order valence-corrected chi connectivity index (χ3v) is 7.50. The number of anilines is 1. The van der Waals surface area contributed by atoms with Crippen molar-refractivity contribution in [3.05, 3.63) is 39.4 Å². The molecule has 3 aliphatic rings. The van der Waals surface area contributed by atoms with Crippen molar-refractivity contribution in [2.45, 2.75) is 50.4 Å². The zero-order valence-corrected chi connectivity index (χ0v) is 17.0. The molecule has 0 unspecified atom stereocenters. The third-order valence-electron chi connectivity index (χ3n) is 7.50. The fourth-order valence-corrected chi connectivity index (χ4v) is 5.57. The summed E-state index contributed by atoms with van der Waals surface area (Å²) < 4.78 is 30.7. The topological polar surface area (TPSA) is 112 Å². The Morgan fingerprint density at radius 2 is 2.10 bits per heavy atom. The van der Waals surface area contributed by atoms with E-state index in [4.69, 9.17) is 5.73 Å². The van der Waals surface area contributed by atoms with E-state index in [1.165, 1.54) is 4.57 Å². The van der Waals surface area contributed by atoms with E-state index in [-0.39, 0.29) is 34.0 Å². The lowest BCUT2D eigenvalue weighted by atomic mass is 9.77. The average Bonchev–Trinajstić information content (AvgIpc) is 3.26. The number of benzene rings is 1. The van der Waals surface area contributed by atoms with Crippen molar-refractivity contribution in [1.82, 2.24) is 4.57 Å². The summed E-state index contributed by atoms with van der Waals surface area (Å²) in [5, 5.41) is 19.2. The number of carbonyl (C=O) groups is 1. The number of hydrogen-bond acceptors (Lipinski definition) is 5. The molecule has 0 amide bonds. The molecule has 2 saturated carbocycles. The van der Waals surface area contributed by atoms with E-state index < -0.39 is 40.5 Å². The molecule has 1 aromatic heterocycles. The van der Waals surface area contributed by atoms with Crippen LogP contribution in [0.4, 0.5) is 14.5 Å². The number of nitrogens with zero attached hydrogens (tertiary/aromatic N) is 3. The summed E-state index contributed by atoms with van der Waals surface area (Å²) >= 11 is 0. The first-order chi connectivity index (χ1) is 14.6. The molecule has 3 fully saturated rings. The minimum Gasteiger partial charge on any atom is -0.477 e. The van der Waals surface area contributed by atoms with Crippen molar-refractivity contribution in [3.8, 4) is 6.07 Å². The van der Waals surface area contributed by atoms with Crippen LogP contribution < -0.4 is 16.1 Å². The molecule has 1 aliphatic heterocycles. The van der Waals surface area contributed by atoms with Crippen molar-refractivity contribution >= 4 is 22.6 Å². The predicted octanol–water partition coefficient (Wildman–Crippen LogP) is 2.70. The van der Waals surface area contributed by atoms with Gasteiger partial charge in [-0.25, -0.2) is 13.6 Å². The van der Waals surface area contributed by atoms with Gasteiger partial charge in [-0.15, -0.1) is 0 Å². The Morgan fingerprint density at radius 3 is 2.68 bits per heavy atom. The second kappa shape index (κ2) is 6.26. The smallest absolute Gasteiger partial charge is 0.341 e. The second-order valence-corrected chi connectivity index (χ2v) is 9.42. The number of nitrogens with two attached hydrogens (primary N) is 1. The van der Waals surface area contributed by atoms with Gasteiger partial charge in [0, 0.05) is 36.7 Å². The Bertz CT molecular complexity index is 1230. The van der Waals surface area contributed by atoms with Gasteiger partial charge < -0.3 is 20.3 Å². The lowest BCUT2D eigenvalue weighted by Crippen LogP contribution is -2.49. The summed E-state index contributed by atoms with van der Waals surface area (Å²) in [6.07, 6.45) is 2.69. The molecule has 2 heterocycles. The monoisotopic (exact) mass is 428 g/mol. The minimum atomic E-state index is -1.48. The molecule has 7 nitrogen and oxygen atoms in total. The van der Waals surface area contributed by atoms with Crippen molar-refractivity contribution in [3.63, 3.8) is 0 Å². The van der Waals surface area contributed by atoms with Gasteiger partial charge in [-0.3, -0.25) is 4.79 Å². The van der Waals surface area contributed by atoms with Crippen molar-refractivity contribution in [1.29, 1.82) is 5.26 Å². The minimum absolute atomic E-state index is 0.0442. The van der Waals surface area contributed by atoms with Crippen LogP contribution in [-0.4, -0.2) is 40.4 Å². The summed E-state index contributed by atoms with van der Waals surface area (Å²) in [6.45, 7) is 2.90. The normalized spacial score (nSPS) is 31.6. The molecule has 1 aromatic carbocycles. The van der Waals surface area contributed by atoms with Crippen molar-refractivity contribution < 1.29 is 18.7 Å². The fourth-order valence-electron chi connectivity index (χ4n) is 5.57. The van der Waals surface area contributed by atoms with Crippen LogP contribution in [0.25, 0.3) is 10.9 Å². The molecule has 2 aliphatic carbocycles. The summed E-state index contributed by atoms with van der Waals surface area (Å²) in [6, 6.07) is 2.30. The summed E-state index contributed by atoms with van der Waals surface area (Å²) in [5.41, 5.74) is 4.48. The van der Waals surface area contributed by atoms with Crippen LogP contribution in [0.3, 0.4) is 0 Å². The number of hydrogen-bond donors (Lipinski definition) is 2. The lowest BCUT2D eigenvalue weighted by molar-refractivity contribution is 0.0694. The van der Waals surface area contributed by atoms with Crippen LogP contribution in [0.5, 0.6) is 0 Å². The first-order valence-corrected chi connectivity index (χ1v) is 10.3. The van der Waals surface area contributed by atoms with Gasteiger partial charge in [0.25, 0.3) is 0 Å². The number of aromatic nitrogens is 1. The van der Waals surface area contributed by atoms with Gasteiger partial charge in [-0.1, -0.05) is 13.3 Å². The number of halogens is 2. The number of nitriles is 1. The quantitative estimate of drug-likeness (QED) is 0.777. The van der Waals surface area contributed by atoms with Gasteiger partial charge in [-0.2, -0.15) is 5.26 Å². The van der Waals surface area contributed by atoms with Crippen LogP contribution in [-0.2, 0) is 0 Å². The molecule has 5 rings (SSSR count). The Labute approximate surface area is 176 Å². The van der Waals surface area contributed by atoms with Crippen molar-refractivity contribution in [2.24, 2.45) is 11.1 Å². The number of carboxylic acid groups (broad SMARTS) is 1. The highest BCUT2D eigenvalue weighted by molar-refractivity contribution is 5.96. The highest BCUT2D eigenvalue weighted by atomic mass is 19.1. The maximum atomic E-state index is 15.4. The predicted molar refractivity (Wildman–Crippen MR) is 109 cm³/mol. The third kappa shape index (κ3) is 2.64. The number of aromatic carboxylic acids is 1. The van der Waals surface area contributed by atoms with E-state index in [1.807, 2.05) is 6.07 Å². The van der Waals surface area contributed by atoms with E-state index in [1.54, 1.807) is 4.90 Å². The molecule has 0 spiro atoms. The molecule has 3 N–H and O–H groups in total. The molecule has 0 bridgehead atoms. The van der Waals surface area contributed by atoms with E-state index in [0.29, 0.717) is 13.1 Å². The first kappa shape index (κ1) is 19.9. The first-order valence-electron chi connectivity index (χ1n) is 10.3. The molecule has 31 heavy (non-hydrogen) atoms. The van der Waals surface area contributed by atoms with E-state index in [2.05, 4.69) is 6.92 Å². The zero-order chi connectivity index (χ0) is 22.3. The Balaban J connectivity index is 1.78. The van der Waals surface area contributed by atoms with Crippen LogP contribution in [0.15, 0.2) is 17.1 Å². The standard InChI is InChI=1S/C22H22F2N4O3/c1-21-3-2-4-22(21,26)10-27(9-21)18-12(7-25)17-11(5-15(18)24)19(29)13(20(30)31)8-28(17)16-6-14(16)23/h5,8,14,16H,2-4,6,9-10,26H2,1H3,(H,30,31)/t14-,16+,21+,22+/m0/s1. The number of pyridine rings is 1. The van der Waals surface area contributed by atoms with Crippen LogP contribution in [0.1, 0.15) is 54.6 Å². The molecule has 0 radical (unpaired) electrons. The second-order valence-electron chi connectivity index (χ2n) is 9.42. The molecule has 1 saturated heterocycles. The number of alkyl halides is 1. The number of rotatable bonds is 3. The van der Waals surface area contributed by atoms with E-state index >= 15 is 4.39 Å². The Morgan fingerprint density at radius 1 is 1.39 bits per heavy atom. The largest absolute Gasteiger partial charge is 0.477 e. The van der Waals surface area contributed by atoms with E-state index in [9.17, 15) is 24.3 Å². The van der Waals surface area contributed by atoms with E-state index in [0.717, 1.165) is 31.5 Å². The maximum absolute atomic E-state index is 15.4. The summed E-state index contributed by atoms with van der Waals surface area (Å²) in [7, 11) is 0. The average molecular weight is 428 g/mol. The van der Waals surface area contributed by atoms with Gasteiger partial charge >= 0.3 is 5.97 Å². The summed E-state index contributed by atoms with van der Waals surface area (Å²) in [5.74, 6) is -2.26. The lowest BCUT2D eigenvalue weighted by Gasteiger charge is -2.31. The van der Waals surface area contributed by atoms with Gasteiger partial charge in [0.2, 0.25) is 5.43 Å². The molecular formula is C22H22F2N4O3. The zero-order valence-electron chi connectivity index (χ0n) is 17.0. The molecule has 4 atom stereocenters. The molecule has 2 aromatic rings. The molecule has 162 valence electrons. The number of carboxylic acids is 1. The highest BCUT2D eigenvalue weighted by Crippen LogP contribution is 2.52. The summed E-state index contributed by atoms with van der Waals surface area (Å²) in [4.78, 5) is 26.1. The van der Waals surface area contributed by atoms with Crippen LogP contribution >= 0.6 is 0 Å². The van der Waals surface area contributed by atoms with Gasteiger partial charge in [0.1, 0.15) is 29.2 Å². The Hall–Kier alpha value is -2.99. The fraction of sp³-hybridized carbons (Fsp3) is 0.500. The van der Waals surface area contributed by atoms with Crippen LogP contribution in [0, 0.1) is 22.6 Å².